The Labute approximate surface area is 190 Å². The monoisotopic (exact) mass is 473 g/mol. The average Bonchev–Trinajstić information content (AvgIpc) is 3.33. The molecular weight excluding hydrogens is 449 g/mol. The smallest absolute Gasteiger partial charge is 0.243 e. The maximum atomic E-state index is 13.1. The SMILES string of the molecule is CCN(CC)S(=O)(=O)c1ccc(C(C)Nc2nn3cc(-c4ccc(F)cc4)nc3s2)cc1. The van der Waals surface area contributed by atoms with Gasteiger partial charge in [0.05, 0.1) is 22.8 Å². The molecule has 168 valence electrons. The zero-order valence-electron chi connectivity index (χ0n) is 18.0. The first kappa shape index (κ1) is 22.4. The Hall–Kier alpha value is -2.82. The second-order valence-corrected chi connectivity index (χ2v) is 10.2. The Morgan fingerprint density at radius 3 is 2.34 bits per heavy atom. The van der Waals surface area contributed by atoms with Crippen LogP contribution in [0.5, 0.6) is 0 Å². The van der Waals surface area contributed by atoms with Crippen LogP contribution in [0.3, 0.4) is 0 Å². The standard InChI is InChI=1S/C22H24FN5O2S2/c1-4-27(5-2)32(29,30)19-12-8-16(9-13-19)15(3)24-21-26-28-14-20(25-22(28)31-21)17-6-10-18(23)11-7-17/h6-15H,4-5H2,1-3H3,(H,24,26). The van der Waals surface area contributed by atoms with E-state index in [1.165, 1.54) is 27.8 Å². The fraction of sp³-hybridized carbons (Fsp3) is 0.273. The van der Waals surface area contributed by atoms with Crippen LogP contribution in [0.15, 0.2) is 59.6 Å². The lowest BCUT2D eigenvalue weighted by Gasteiger charge is -2.19. The Morgan fingerprint density at radius 2 is 1.75 bits per heavy atom. The number of fused-ring (bicyclic) bond motifs is 1. The highest BCUT2D eigenvalue weighted by atomic mass is 32.2. The number of hydrogen-bond donors (Lipinski definition) is 1. The Bertz CT molecular complexity index is 1280. The minimum atomic E-state index is -3.47. The van der Waals surface area contributed by atoms with E-state index >= 15 is 0 Å². The number of sulfonamides is 1. The highest BCUT2D eigenvalue weighted by molar-refractivity contribution is 7.89. The number of nitrogens with zero attached hydrogens (tertiary/aromatic N) is 4. The third kappa shape index (κ3) is 4.38. The normalized spacial score (nSPS) is 13.0. The molecule has 1 N–H and O–H groups in total. The van der Waals surface area contributed by atoms with Gasteiger partial charge in [-0.2, -0.15) is 4.31 Å². The van der Waals surface area contributed by atoms with Gasteiger partial charge in [-0.25, -0.2) is 22.3 Å². The van der Waals surface area contributed by atoms with Gasteiger partial charge in [0.1, 0.15) is 5.82 Å². The summed E-state index contributed by atoms with van der Waals surface area (Å²) in [7, 11) is -3.47. The van der Waals surface area contributed by atoms with Crippen molar-refractivity contribution in [3.05, 3.63) is 66.1 Å². The van der Waals surface area contributed by atoms with Crippen molar-refractivity contribution in [2.75, 3.05) is 18.4 Å². The molecule has 0 fully saturated rings. The lowest BCUT2D eigenvalue weighted by atomic mass is 10.1. The number of anilines is 1. The first-order valence-corrected chi connectivity index (χ1v) is 12.6. The van der Waals surface area contributed by atoms with Gasteiger partial charge in [0, 0.05) is 18.7 Å². The van der Waals surface area contributed by atoms with Crippen molar-refractivity contribution in [2.45, 2.75) is 31.7 Å². The Morgan fingerprint density at radius 1 is 1.09 bits per heavy atom. The molecule has 2 heterocycles. The predicted octanol–water partition coefficient (Wildman–Crippen LogP) is 4.80. The van der Waals surface area contributed by atoms with E-state index in [1.54, 1.807) is 28.8 Å². The first-order valence-electron chi connectivity index (χ1n) is 10.3. The molecule has 0 spiro atoms. The number of nitrogens with one attached hydrogen (secondary N) is 1. The number of halogens is 1. The fourth-order valence-corrected chi connectivity index (χ4v) is 5.75. The molecule has 0 amide bonds. The minimum absolute atomic E-state index is 0.0763. The summed E-state index contributed by atoms with van der Waals surface area (Å²) < 4.78 is 41.6. The zero-order chi connectivity index (χ0) is 22.9. The van der Waals surface area contributed by atoms with E-state index in [2.05, 4.69) is 15.4 Å². The predicted molar refractivity (Wildman–Crippen MR) is 125 cm³/mol. The summed E-state index contributed by atoms with van der Waals surface area (Å²) in [5, 5.41) is 8.57. The molecule has 0 saturated heterocycles. The van der Waals surface area contributed by atoms with Crippen molar-refractivity contribution in [1.82, 2.24) is 18.9 Å². The lowest BCUT2D eigenvalue weighted by molar-refractivity contribution is 0.445. The van der Waals surface area contributed by atoms with Gasteiger partial charge >= 0.3 is 0 Å². The highest BCUT2D eigenvalue weighted by Gasteiger charge is 2.21. The van der Waals surface area contributed by atoms with Gasteiger partial charge in [-0.1, -0.05) is 37.3 Å². The molecule has 4 aromatic rings. The molecule has 0 aliphatic carbocycles. The third-order valence-electron chi connectivity index (χ3n) is 5.25. The van der Waals surface area contributed by atoms with Crippen molar-refractivity contribution in [3.63, 3.8) is 0 Å². The number of aromatic nitrogens is 3. The highest BCUT2D eigenvalue weighted by Crippen LogP contribution is 2.28. The maximum Gasteiger partial charge on any atom is 0.243 e. The van der Waals surface area contributed by atoms with Crippen LogP contribution in [0.2, 0.25) is 0 Å². The van der Waals surface area contributed by atoms with E-state index in [9.17, 15) is 12.8 Å². The summed E-state index contributed by atoms with van der Waals surface area (Å²) in [6.07, 6.45) is 1.81. The molecule has 32 heavy (non-hydrogen) atoms. The van der Waals surface area contributed by atoms with E-state index in [0.29, 0.717) is 18.2 Å². The van der Waals surface area contributed by atoms with Crippen LogP contribution in [0.25, 0.3) is 16.2 Å². The summed E-state index contributed by atoms with van der Waals surface area (Å²) in [6, 6.07) is 13.0. The van der Waals surface area contributed by atoms with Gasteiger partial charge in [-0.05, 0) is 48.9 Å². The second kappa shape index (κ2) is 8.97. The Balaban J connectivity index is 1.48. The van der Waals surface area contributed by atoms with Crippen molar-refractivity contribution in [3.8, 4) is 11.3 Å². The number of hydrogen-bond acceptors (Lipinski definition) is 6. The molecule has 0 saturated carbocycles. The van der Waals surface area contributed by atoms with Gasteiger partial charge in [0.2, 0.25) is 20.1 Å². The third-order valence-corrected chi connectivity index (χ3v) is 8.16. The van der Waals surface area contributed by atoms with Gasteiger partial charge in [-0.15, -0.1) is 5.10 Å². The average molecular weight is 474 g/mol. The molecule has 7 nitrogen and oxygen atoms in total. The molecule has 4 rings (SSSR count). The van der Waals surface area contributed by atoms with E-state index in [4.69, 9.17) is 0 Å². The first-order chi connectivity index (χ1) is 15.3. The van der Waals surface area contributed by atoms with E-state index in [1.807, 2.05) is 39.1 Å². The van der Waals surface area contributed by atoms with Crippen LogP contribution in [-0.4, -0.2) is 40.4 Å². The summed E-state index contributed by atoms with van der Waals surface area (Å²) in [5.41, 5.74) is 2.50. The van der Waals surface area contributed by atoms with Crippen molar-refractivity contribution in [2.24, 2.45) is 0 Å². The quantitative estimate of drug-likeness (QED) is 0.398. The summed E-state index contributed by atoms with van der Waals surface area (Å²) in [6.45, 7) is 6.52. The zero-order valence-corrected chi connectivity index (χ0v) is 19.6. The van der Waals surface area contributed by atoms with E-state index < -0.39 is 10.0 Å². The van der Waals surface area contributed by atoms with Crippen molar-refractivity contribution < 1.29 is 12.8 Å². The largest absolute Gasteiger partial charge is 0.354 e. The van der Waals surface area contributed by atoms with Crippen LogP contribution in [-0.2, 0) is 10.0 Å². The van der Waals surface area contributed by atoms with Crippen LogP contribution in [0.4, 0.5) is 9.52 Å². The molecule has 1 atom stereocenters. The van der Waals surface area contributed by atoms with Crippen LogP contribution in [0.1, 0.15) is 32.4 Å². The summed E-state index contributed by atoms with van der Waals surface area (Å²) in [4.78, 5) is 5.58. The topological polar surface area (TPSA) is 79.6 Å². The summed E-state index contributed by atoms with van der Waals surface area (Å²) >= 11 is 1.41. The van der Waals surface area contributed by atoms with Gasteiger partial charge in [0.15, 0.2) is 0 Å². The lowest BCUT2D eigenvalue weighted by Crippen LogP contribution is -2.30. The fourth-order valence-electron chi connectivity index (χ4n) is 3.43. The molecule has 0 radical (unpaired) electrons. The molecule has 0 bridgehead atoms. The molecule has 1 unspecified atom stereocenters. The number of rotatable bonds is 8. The van der Waals surface area contributed by atoms with Crippen molar-refractivity contribution >= 4 is 31.5 Å². The van der Waals surface area contributed by atoms with E-state index in [-0.39, 0.29) is 16.8 Å². The molecule has 0 aliphatic rings. The second-order valence-electron chi connectivity index (χ2n) is 7.29. The van der Waals surface area contributed by atoms with Gasteiger partial charge in [-0.3, -0.25) is 0 Å². The Kier molecular flexibility index (Phi) is 6.27. The van der Waals surface area contributed by atoms with Crippen LogP contribution >= 0.6 is 11.3 Å². The van der Waals surface area contributed by atoms with Gasteiger partial charge < -0.3 is 5.32 Å². The van der Waals surface area contributed by atoms with Crippen LogP contribution < -0.4 is 5.32 Å². The minimum Gasteiger partial charge on any atom is -0.354 e. The number of imidazole rings is 1. The molecule has 0 aliphatic heterocycles. The van der Waals surface area contributed by atoms with E-state index in [0.717, 1.165) is 21.8 Å². The van der Waals surface area contributed by atoms with Crippen molar-refractivity contribution in [1.29, 1.82) is 0 Å². The summed E-state index contributed by atoms with van der Waals surface area (Å²) in [5.74, 6) is -0.285. The molecular formula is C22H24FN5O2S2. The van der Waals surface area contributed by atoms with Gasteiger partial charge in [0.25, 0.3) is 0 Å². The van der Waals surface area contributed by atoms with Crippen LogP contribution in [0, 0.1) is 5.82 Å². The maximum absolute atomic E-state index is 13.1. The number of benzene rings is 2. The molecule has 10 heteroatoms. The molecule has 2 aromatic heterocycles. The molecule has 2 aromatic carbocycles.